The topological polar surface area (TPSA) is 54.4 Å². The first-order valence-electron chi connectivity index (χ1n) is 11.2. The number of hydrogen-bond acceptors (Lipinski definition) is 5. The van der Waals surface area contributed by atoms with Crippen molar-refractivity contribution >= 4 is 17.4 Å². The number of fused-ring (bicyclic) bond motifs is 2. The minimum atomic E-state index is 0.0683. The smallest absolute Gasteiger partial charge is 0.227 e. The summed E-state index contributed by atoms with van der Waals surface area (Å²) in [6.07, 6.45) is 0.427. The largest absolute Gasteiger partial charge is 0.497 e. The molecule has 1 amide bonds. The van der Waals surface area contributed by atoms with Crippen LogP contribution < -0.4 is 9.47 Å². The van der Waals surface area contributed by atoms with Gasteiger partial charge in [0.05, 0.1) is 19.1 Å². The molecular weight excluding hydrogens is 414 g/mol. The molecule has 1 fully saturated rings. The summed E-state index contributed by atoms with van der Waals surface area (Å²) in [5.74, 6) is 3.19. The summed E-state index contributed by atoms with van der Waals surface area (Å²) in [6, 6.07) is 23.6. The molecule has 0 spiro atoms. The van der Waals surface area contributed by atoms with Crippen LogP contribution in [0.25, 0.3) is 0 Å². The Hall–Kier alpha value is -3.80. The number of carbonyl (C=O) groups is 1. The van der Waals surface area contributed by atoms with Gasteiger partial charge in [-0.25, -0.2) is 4.99 Å². The molecular formula is C27H27N3O3. The lowest BCUT2D eigenvalue weighted by Crippen LogP contribution is -2.55. The Balaban J connectivity index is 1.41. The van der Waals surface area contributed by atoms with Crippen LogP contribution in [-0.2, 0) is 11.2 Å². The van der Waals surface area contributed by atoms with Crippen LogP contribution in [0.4, 0.5) is 5.69 Å². The van der Waals surface area contributed by atoms with Crippen molar-refractivity contribution in [1.29, 1.82) is 0 Å². The number of para-hydroxylation sites is 2. The summed E-state index contributed by atoms with van der Waals surface area (Å²) in [7, 11) is 1.65. The number of benzene rings is 3. The molecule has 33 heavy (non-hydrogen) atoms. The SMILES string of the molecule is COc1ccc2c(c1)Oc1ccccc1N=C2N1CCN(C(=O)Cc2ccccc2)C(C)C1. The van der Waals surface area contributed by atoms with Crippen molar-refractivity contribution in [2.75, 3.05) is 26.7 Å². The number of methoxy groups -OCH3 is 1. The van der Waals surface area contributed by atoms with Gasteiger partial charge in [0.2, 0.25) is 5.91 Å². The summed E-state index contributed by atoms with van der Waals surface area (Å²) >= 11 is 0. The van der Waals surface area contributed by atoms with Crippen LogP contribution in [0.3, 0.4) is 0 Å². The molecule has 168 valence electrons. The molecule has 2 aliphatic heterocycles. The third kappa shape index (κ3) is 4.29. The summed E-state index contributed by atoms with van der Waals surface area (Å²) in [4.78, 5) is 22.2. The third-order valence-electron chi connectivity index (χ3n) is 6.19. The molecule has 1 saturated heterocycles. The zero-order chi connectivity index (χ0) is 22.8. The van der Waals surface area contributed by atoms with Crippen LogP contribution >= 0.6 is 0 Å². The van der Waals surface area contributed by atoms with Gasteiger partial charge in [-0.1, -0.05) is 42.5 Å². The third-order valence-corrected chi connectivity index (χ3v) is 6.19. The van der Waals surface area contributed by atoms with E-state index in [4.69, 9.17) is 14.5 Å². The number of ether oxygens (including phenoxy) is 2. The maximum Gasteiger partial charge on any atom is 0.227 e. The van der Waals surface area contributed by atoms with Crippen LogP contribution in [0.5, 0.6) is 17.2 Å². The molecule has 0 saturated carbocycles. The van der Waals surface area contributed by atoms with Gasteiger partial charge in [0.25, 0.3) is 0 Å². The first-order chi connectivity index (χ1) is 16.1. The number of amides is 1. The van der Waals surface area contributed by atoms with E-state index in [-0.39, 0.29) is 11.9 Å². The molecule has 6 nitrogen and oxygen atoms in total. The van der Waals surface area contributed by atoms with E-state index in [1.165, 1.54) is 0 Å². The zero-order valence-electron chi connectivity index (χ0n) is 18.9. The van der Waals surface area contributed by atoms with E-state index >= 15 is 0 Å². The fourth-order valence-corrected chi connectivity index (χ4v) is 4.46. The predicted molar refractivity (Wildman–Crippen MR) is 129 cm³/mol. The van der Waals surface area contributed by atoms with Crippen molar-refractivity contribution in [3.8, 4) is 17.2 Å². The van der Waals surface area contributed by atoms with Crippen LogP contribution in [-0.4, -0.2) is 54.3 Å². The Labute approximate surface area is 194 Å². The molecule has 3 aromatic rings. The highest BCUT2D eigenvalue weighted by Crippen LogP contribution is 2.39. The second-order valence-corrected chi connectivity index (χ2v) is 8.41. The van der Waals surface area contributed by atoms with Crippen LogP contribution in [0.1, 0.15) is 18.1 Å². The van der Waals surface area contributed by atoms with Crippen molar-refractivity contribution in [2.24, 2.45) is 4.99 Å². The Morgan fingerprint density at radius 3 is 2.61 bits per heavy atom. The van der Waals surface area contributed by atoms with Gasteiger partial charge in [-0.15, -0.1) is 0 Å². The van der Waals surface area contributed by atoms with Crippen molar-refractivity contribution in [3.05, 3.63) is 83.9 Å². The molecule has 0 radical (unpaired) electrons. The van der Waals surface area contributed by atoms with Crippen molar-refractivity contribution < 1.29 is 14.3 Å². The van der Waals surface area contributed by atoms with E-state index in [0.29, 0.717) is 37.6 Å². The molecule has 2 heterocycles. The van der Waals surface area contributed by atoms with Gasteiger partial charge in [-0.3, -0.25) is 4.79 Å². The molecule has 5 rings (SSSR count). The zero-order valence-corrected chi connectivity index (χ0v) is 18.9. The van der Waals surface area contributed by atoms with E-state index < -0.39 is 0 Å². The molecule has 1 atom stereocenters. The predicted octanol–water partition coefficient (Wildman–Crippen LogP) is 4.65. The first-order valence-corrected chi connectivity index (χ1v) is 11.2. The highest BCUT2D eigenvalue weighted by Gasteiger charge is 2.31. The van der Waals surface area contributed by atoms with E-state index in [2.05, 4.69) is 11.8 Å². The number of nitrogens with zero attached hydrogens (tertiary/aromatic N) is 3. The monoisotopic (exact) mass is 441 g/mol. The number of hydrogen-bond donors (Lipinski definition) is 0. The highest BCUT2D eigenvalue weighted by molar-refractivity contribution is 6.04. The van der Waals surface area contributed by atoms with Gasteiger partial charge in [0.1, 0.15) is 23.0 Å². The lowest BCUT2D eigenvalue weighted by atomic mass is 10.1. The summed E-state index contributed by atoms with van der Waals surface area (Å²) in [5, 5.41) is 0. The maximum absolute atomic E-state index is 13.0. The van der Waals surface area contributed by atoms with Gasteiger partial charge in [0, 0.05) is 31.7 Å². The normalized spacial score (nSPS) is 17.3. The number of rotatable bonds is 3. The second-order valence-electron chi connectivity index (χ2n) is 8.41. The van der Waals surface area contributed by atoms with Crippen molar-refractivity contribution in [3.63, 3.8) is 0 Å². The van der Waals surface area contributed by atoms with E-state index in [9.17, 15) is 4.79 Å². The lowest BCUT2D eigenvalue weighted by Gasteiger charge is -2.41. The number of carbonyl (C=O) groups excluding carboxylic acids is 1. The molecule has 0 aliphatic carbocycles. The summed E-state index contributed by atoms with van der Waals surface area (Å²) in [5.41, 5.74) is 2.75. The Morgan fingerprint density at radius 1 is 1.03 bits per heavy atom. The number of amidine groups is 1. The lowest BCUT2D eigenvalue weighted by molar-refractivity contribution is -0.134. The molecule has 0 N–H and O–H groups in total. The molecule has 2 aliphatic rings. The standard InChI is InChI=1S/C27H27N3O3/c1-19-18-29(14-15-30(19)26(31)16-20-8-4-3-5-9-20)27-22-13-12-21(32-2)17-25(22)33-24-11-7-6-10-23(24)28-27/h3-13,17,19H,14-16,18H2,1-2H3. The molecule has 3 aromatic carbocycles. The summed E-state index contributed by atoms with van der Waals surface area (Å²) in [6.45, 7) is 4.16. The quantitative estimate of drug-likeness (QED) is 0.594. The minimum absolute atomic E-state index is 0.0683. The number of piperazine rings is 1. The summed E-state index contributed by atoms with van der Waals surface area (Å²) < 4.78 is 11.7. The maximum atomic E-state index is 13.0. The van der Waals surface area contributed by atoms with Crippen LogP contribution in [0, 0.1) is 0 Å². The molecule has 0 bridgehead atoms. The Bertz CT molecular complexity index is 1190. The van der Waals surface area contributed by atoms with Gasteiger partial charge in [0.15, 0.2) is 5.75 Å². The van der Waals surface area contributed by atoms with E-state index in [0.717, 1.165) is 28.4 Å². The average molecular weight is 442 g/mol. The fourth-order valence-electron chi connectivity index (χ4n) is 4.46. The molecule has 1 unspecified atom stereocenters. The van der Waals surface area contributed by atoms with Gasteiger partial charge in [-0.05, 0) is 36.8 Å². The van der Waals surface area contributed by atoms with Gasteiger partial charge >= 0.3 is 0 Å². The minimum Gasteiger partial charge on any atom is -0.497 e. The van der Waals surface area contributed by atoms with Crippen LogP contribution in [0.2, 0.25) is 0 Å². The van der Waals surface area contributed by atoms with Crippen molar-refractivity contribution in [2.45, 2.75) is 19.4 Å². The first kappa shape index (κ1) is 21.1. The Kier molecular flexibility index (Phi) is 5.73. The molecule has 6 heteroatoms. The average Bonchev–Trinajstić information content (AvgIpc) is 3.00. The van der Waals surface area contributed by atoms with Crippen LogP contribution in [0.15, 0.2) is 77.8 Å². The van der Waals surface area contributed by atoms with Crippen molar-refractivity contribution in [1.82, 2.24) is 9.80 Å². The van der Waals surface area contributed by atoms with Gasteiger partial charge in [-0.2, -0.15) is 0 Å². The Morgan fingerprint density at radius 2 is 1.82 bits per heavy atom. The van der Waals surface area contributed by atoms with Gasteiger partial charge < -0.3 is 19.3 Å². The fraction of sp³-hybridized carbons (Fsp3) is 0.259. The molecule has 0 aromatic heterocycles. The van der Waals surface area contributed by atoms with E-state index in [1.54, 1.807) is 7.11 Å². The second kappa shape index (κ2) is 8.98. The van der Waals surface area contributed by atoms with E-state index in [1.807, 2.05) is 77.7 Å². The highest BCUT2D eigenvalue weighted by atomic mass is 16.5. The number of aliphatic imine (C=N–C) groups is 1.